The van der Waals surface area contributed by atoms with E-state index in [1.807, 2.05) is 48.5 Å². The van der Waals surface area contributed by atoms with Crippen LogP contribution in [-0.4, -0.2) is 17.0 Å². The lowest BCUT2D eigenvalue weighted by molar-refractivity contribution is 0.0903. The molecule has 0 radical (unpaired) electrons. The molecular weight excluding hydrogens is 414 g/mol. The summed E-state index contributed by atoms with van der Waals surface area (Å²) in [7, 11) is 0. The van der Waals surface area contributed by atoms with Gasteiger partial charge in [0.15, 0.2) is 5.69 Å². The minimum atomic E-state index is -0.222. The smallest absolute Gasteiger partial charge is 0.273 e. The van der Waals surface area contributed by atoms with Gasteiger partial charge in [-0.3, -0.25) is 9.59 Å². The maximum atomic E-state index is 13.1. The zero-order chi connectivity index (χ0) is 22.6. The Balaban J connectivity index is 1.37. The van der Waals surface area contributed by atoms with Crippen LogP contribution in [0.25, 0.3) is 0 Å². The summed E-state index contributed by atoms with van der Waals surface area (Å²) in [6.07, 6.45) is 7.83. The molecule has 1 heterocycles. The van der Waals surface area contributed by atoms with E-state index in [2.05, 4.69) is 15.8 Å². The molecule has 0 spiro atoms. The molecule has 0 unspecified atom stereocenters. The Kier molecular flexibility index (Phi) is 6.24. The molecule has 1 aromatic heterocycles. The second-order valence-corrected chi connectivity index (χ2v) is 9.18. The van der Waals surface area contributed by atoms with Crippen LogP contribution < -0.4 is 10.6 Å². The lowest BCUT2D eigenvalue weighted by Crippen LogP contribution is -2.34. The van der Waals surface area contributed by atoms with Crippen molar-refractivity contribution in [1.82, 2.24) is 10.5 Å². The van der Waals surface area contributed by atoms with Gasteiger partial charge in [-0.2, -0.15) is 0 Å². The zero-order valence-corrected chi connectivity index (χ0v) is 18.6. The van der Waals surface area contributed by atoms with Crippen LogP contribution in [-0.2, 0) is 0 Å². The van der Waals surface area contributed by atoms with Crippen LogP contribution in [0.1, 0.15) is 89.1 Å². The van der Waals surface area contributed by atoms with Gasteiger partial charge in [0.1, 0.15) is 5.76 Å². The van der Waals surface area contributed by atoms with Crippen molar-refractivity contribution in [2.24, 2.45) is 5.92 Å². The summed E-state index contributed by atoms with van der Waals surface area (Å²) in [5.41, 5.74) is 2.60. The average molecular weight is 444 g/mol. The Morgan fingerprint density at radius 1 is 0.879 bits per heavy atom. The van der Waals surface area contributed by atoms with Crippen LogP contribution in [0.5, 0.6) is 0 Å². The van der Waals surface area contributed by atoms with E-state index in [1.165, 1.54) is 6.42 Å². The molecule has 0 aliphatic heterocycles. The second kappa shape index (κ2) is 9.61. The van der Waals surface area contributed by atoms with Gasteiger partial charge in [0.2, 0.25) is 0 Å². The highest BCUT2D eigenvalue weighted by molar-refractivity contribution is 6.04. The van der Waals surface area contributed by atoms with Crippen LogP contribution in [0, 0.1) is 5.92 Å². The first-order chi connectivity index (χ1) is 16.2. The molecule has 6 heteroatoms. The normalized spacial score (nSPS) is 17.3. The predicted molar refractivity (Wildman–Crippen MR) is 126 cm³/mol. The maximum Gasteiger partial charge on any atom is 0.273 e. The molecule has 2 aromatic carbocycles. The highest BCUT2D eigenvalue weighted by atomic mass is 16.5. The SMILES string of the molecule is O=C(Nc1ccccc1)c1cccc([C@H](NC(=O)c2cc(C3CC3)on2)C2CCCCC2)c1. The van der Waals surface area contributed by atoms with Gasteiger partial charge < -0.3 is 15.2 Å². The van der Waals surface area contributed by atoms with Crippen LogP contribution in [0.3, 0.4) is 0 Å². The lowest BCUT2D eigenvalue weighted by atomic mass is 9.80. The highest BCUT2D eigenvalue weighted by Crippen LogP contribution is 2.40. The Hall–Kier alpha value is -3.41. The van der Waals surface area contributed by atoms with Crippen molar-refractivity contribution < 1.29 is 14.1 Å². The van der Waals surface area contributed by atoms with Gasteiger partial charge >= 0.3 is 0 Å². The first kappa shape index (κ1) is 21.4. The number of benzene rings is 2. The number of aromatic nitrogens is 1. The van der Waals surface area contributed by atoms with Crippen LogP contribution >= 0.6 is 0 Å². The second-order valence-electron chi connectivity index (χ2n) is 9.18. The Morgan fingerprint density at radius 2 is 1.67 bits per heavy atom. The average Bonchev–Trinajstić information content (AvgIpc) is 3.59. The van der Waals surface area contributed by atoms with Crippen molar-refractivity contribution in [3.63, 3.8) is 0 Å². The summed E-state index contributed by atoms with van der Waals surface area (Å²) in [6, 6.07) is 18.6. The monoisotopic (exact) mass is 443 g/mol. The van der Waals surface area contributed by atoms with E-state index in [9.17, 15) is 9.59 Å². The third-order valence-corrected chi connectivity index (χ3v) is 6.69. The number of anilines is 1. The van der Waals surface area contributed by atoms with Gasteiger partial charge in [-0.1, -0.05) is 54.8 Å². The fourth-order valence-electron chi connectivity index (χ4n) is 4.71. The number of amides is 2. The summed E-state index contributed by atoms with van der Waals surface area (Å²) >= 11 is 0. The summed E-state index contributed by atoms with van der Waals surface area (Å²) < 4.78 is 5.39. The van der Waals surface area contributed by atoms with Crippen LogP contribution in [0.2, 0.25) is 0 Å². The molecule has 2 aliphatic rings. The van der Waals surface area contributed by atoms with Gasteiger partial charge in [0.25, 0.3) is 11.8 Å². The summed E-state index contributed by atoms with van der Waals surface area (Å²) in [5, 5.41) is 10.2. The molecule has 6 nitrogen and oxygen atoms in total. The molecule has 5 rings (SSSR count). The van der Waals surface area contributed by atoms with E-state index in [-0.39, 0.29) is 17.9 Å². The molecule has 2 N–H and O–H groups in total. The van der Waals surface area contributed by atoms with Crippen molar-refractivity contribution >= 4 is 17.5 Å². The molecule has 1 atom stereocenters. The van der Waals surface area contributed by atoms with Crippen molar-refractivity contribution in [3.05, 3.63) is 83.2 Å². The third-order valence-electron chi connectivity index (χ3n) is 6.69. The number of nitrogens with one attached hydrogen (secondary N) is 2. The first-order valence-corrected chi connectivity index (χ1v) is 11.9. The Bertz CT molecular complexity index is 1110. The minimum absolute atomic E-state index is 0.164. The van der Waals surface area contributed by atoms with E-state index < -0.39 is 0 Å². The summed E-state index contributed by atoms with van der Waals surface area (Å²) in [6.45, 7) is 0. The maximum absolute atomic E-state index is 13.1. The minimum Gasteiger partial charge on any atom is -0.360 e. The molecule has 170 valence electrons. The van der Waals surface area contributed by atoms with E-state index in [4.69, 9.17) is 4.52 Å². The molecule has 33 heavy (non-hydrogen) atoms. The predicted octanol–water partition coefficient (Wildman–Crippen LogP) is 5.86. The zero-order valence-electron chi connectivity index (χ0n) is 18.6. The number of rotatable bonds is 7. The fourth-order valence-corrected chi connectivity index (χ4v) is 4.71. The van der Waals surface area contributed by atoms with Crippen LogP contribution in [0.4, 0.5) is 5.69 Å². The summed E-state index contributed by atoms with van der Waals surface area (Å²) in [4.78, 5) is 25.9. The fraction of sp³-hybridized carbons (Fsp3) is 0.370. The molecule has 2 saturated carbocycles. The van der Waals surface area contributed by atoms with E-state index in [1.54, 1.807) is 12.1 Å². The molecule has 2 amide bonds. The topological polar surface area (TPSA) is 84.2 Å². The number of hydrogen-bond donors (Lipinski definition) is 2. The quantitative estimate of drug-likeness (QED) is 0.479. The van der Waals surface area contributed by atoms with Crippen LogP contribution in [0.15, 0.2) is 65.2 Å². The van der Waals surface area contributed by atoms with Crippen molar-refractivity contribution in [2.75, 3.05) is 5.32 Å². The Labute approximate surface area is 193 Å². The standard InChI is InChI=1S/C27H29N3O3/c31-26(28-22-12-5-2-6-13-22)21-11-7-10-20(16-21)25(19-8-3-1-4-9-19)29-27(32)23-17-24(33-30-23)18-14-15-18/h2,5-7,10-13,16-19,25H,1,3-4,8-9,14-15H2,(H,28,31)(H,29,32)/t25-/m1/s1. The van der Waals surface area contributed by atoms with Gasteiger partial charge in [0.05, 0.1) is 6.04 Å². The van der Waals surface area contributed by atoms with Gasteiger partial charge in [-0.05, 0) is 61.4 Å². The van der Waals surface area contributed by atoms with E-state index in [0.29, 0.717) is 23.1 Å². The van der Waals surface area contributed by atoms with E-state index in [0.717, 1.165) is 55.5 Å². The van der Waals surface area contributed by atoms with Crippen molar-refractivity contribution in [1.29, 1.82) is 0 Å². The van der Waals surface area contributed by atoms with Gasteiger partial charge in [0, 0.05) is 23.2 Å². The molecule has 3 aromatic rings. The van der Waals surface area contributed by atoms with E-state index >= 15 is 0 Å². The van der Waals surface area contributed by atoms with Gasteiger partial charge in [-0.25, -0.2) is 0 Å². The van der Waals surface area contributed by atoms with Gasteiger partial charge in [-0.15, -0.1) is 0 Å². The number of para-hydroxylation sites is 1. The Morgan fingerprint density at radius 3 is 2.42 bits per heavy atom. The lowest BCUT2D eigenvalue weighted by Gasteiger charge is -2.31. The van der Waals surface area contributed by atoms with Crippen molar-refractivity contribution in [3.8, 4) is 0 Å². The molecule has 2 aliphatic carbocycles. The van der Waals surface area contributed by atoms with Crippen molar-refractivity contribution in [2.45, 2.75) is 56.9 Å². The molecular formula is C27H29N3O3. The number of carbonyl (C=O) groups is 2. The third kappa shape index (κ3) is 5.16. The number of carbonyl (C=O) groups excluding carboxylic acids is 2. The highest BCUT2D eigenvalue weighted by Gasteiger charge is 2.31. The number of nitrogens with zero attached hydrogens (tertiary/aromatic N) is 1. The molecule has 0 saturated heterocycles. The molecule has 2 fully saturated rings. The number of hydrogen-bond acceptors (Lipinski definition) is 4. The largest absolute Gasteiger partial charge is 0.360 e. The summed E-state index contributed by atoms with van der Waals surface area (Å²) in [5.74, 6) is 1.15. The molecule has 0 bridgehead atoms. The first-order valence-electron chi connectivity index (χ1n) is 11.9.